The van der Waals surface area contributed by atoms with Gasteiger partial charge < -0.3 is 9.16 Å². The van der Waals surface area contributed by atoms with E-state index in [2.05, 4.69) is 33.9 Å². The molecule has 0 aliphatic carbocycles. The van der Waals surface area contributed by atoms with Gasteiger partial charge in [0.2, 0.25) is 0 Å². The molecule has 0 aromatic rings. The van der Waals surface area contributed by atoms with Crippen LogP contribution in [-0.4, -0.2) is 48.4 Å². The van der Waals surface area contributed by atoms with Gasteiger partial charge in [-0.2, -0.15) is 8.42 Å². The molecule has 0 bridgehead atoms. The van der Waals surface area contributed by atoms with Crippen LogP contribution in [0.5, 0.6) is 0 Å². The minimum absolute atomic E-state index is 0.169. The van der Waals surface area contributed by atoms with Gasteiger partial charge in [0.1, 0.15) is 6.10 Å². The van der Waals surface area contributed by atoms with Crippen molar-refractivity contribution in [3.8, 4) is 0 Å². The summed E-state index contributed by atoms with van der Waals surface area (Å²) in [5, 5.41) is 0.209. The Morgan fingerprint density at radius 3 is 2.30 bits per heavy atom. The Hall–Kier alpha value is 0.0469. The Morgan fingerprint density at radius 1 is 1.20 bits per heavy atom. The third-order valence-corrected chi connectivity index (χ3v) is 9.13. The van der Waals surface area contributed by atoms with Crippen LogP contribution in [0.4, 0.5) is 0 Å². The van der Waals surface area contributed by atoms with E-state index in [1.807, 2.05) is 0 Å². The quantitative estimate of drug-likeness (QED) is 0.297. The van der Waals surface area contributed by atoms with Crippen molar-refractivity contribution in [1.82, 2.24) is 0 Å². The Bertz CT molecular complexity index is 413. The maximum Gasteiger partial charge on any atom is 0.264 e. The van der Waals surface area contributed by atoms with Crippen LogP contribution in [0.25, 0.3) is 0 Å². The third-order valence-electron chi connectivity index (χ3n) is 4.03. The van der Waals surface area contributed by atoms with E-state index in [0.29, 0.717) is 13.0 Å². The molecule has 1 fully saturated rings. The summed E-state index contributed by atoms with van der Waals surface area (Å²) in [6, 6.07) is 0. The summed E-state index contributed by atoms with van der Waals surface area (Å²) in [6.07, 6.45) is 2.94. The van der Waals surface area contributed by atoms with E-state index in [0.717, 1.165) is 12.7 Å². The molecule has 0 saturated carbocycles. The van der Waals surface area contributed by atoms with E-state index in [-0.39, 0.29) is 23.9 Å². The summed E-state index contributed by atoms with van der Waals surface area (Å²) < 4.78 is 37.9. The maximum absolute atomic E-state index is 10.8. The van der Waals surface area contributed by atoms with Gasteiger partial charge in [0.05, 0.1) is 25.6 Å². The van der Waals surface area contributed by atoms with Crippen molar-refractivity contribution in [1.29, 1.82) is 0 Å². The number of ether oxygens (including phenoxy) is 1. The Balaban J connectivity index is 2.16. The normalized spacial score (nSPS) is 23.9. The van der Waals surface area contributed by atoms with Gasteiger partial charge in [-0.25, -0.2) is 0 Å². The first-order valence-electron chi connectivity index (χ1n) is 7.06. The highest BCUT2D eigenvalue weighted by Gasteiger charge is 2.43. The van der Waals surface area contributed by atoms with Crippen LogP contribution in [0.2, 0.25) is 18.1 Å². The molecule has 0 aromatic carbocycles. The lowest BCUT2D eigenvalue weighted by atomic mass is 10.2. The smallest absolute Gasteiger partial charge is 0.264 e. The molecule has 20 heavy (non-hydrogen) atoms. The van der Waals surface area contributed by atoms with E-state index in [1.54, 1.807) is 0 Å². The van der Waals surface area contributed by atoms with Gasteiger partial charge in [-0.1, -0.05) is 20.8 Å². The molecule has 1 aliphatic heterocycles. The number of hydrogen-bond acceptors (Lipinski definition) is 5. The average Bonchev–Trinajstić information content (AvgIpc) is 2.97. The fourth-order valence-electron chi connectivity index (χ4n) is 1.58. The molecule has 2 atom stereocenters. The molecule has 120 valence electrons. The van der Waals surface area contributed by atoms with Crippen LogP contribution in [0.15, 0.2) is 0 Å². The summed E-state index contributed by atoms with van der Waals surface area (Å²) in [5.41, 5.74) is 0. The van der Waals surface area contributed by atoms with Crippen molar-refractivity contribution in [2.75, 3.05) is 19.5 Å². The summed E-state index contributed by atoms with van der Waals surface area (Å²) in [6.45, 7) is 12.0. The molecular weight excluding hydrogens is 296 g/mol. The van der Waals surface area contributed by atoms with Crippen molar-refractivity contribution in [2.24, 2.45) is 0 Å². The molecule has 5 nitrogen and oxygen atoms in total. The van der Waals surface area contributed by atoms with Gasteiger partial charge in [0.15, 0.2) is 8.32 Å². The zero-order chi connectivity index (χ0) is 15.6. The number of rotatable bonds is 8. The van der Waals surface area contributed by atoms with Crippen molar-refractivity contribution >= 4 is 18.4 Å². The van der Waals surface area contributed by atoms with Gasteiger partial charge in [-0.15, -0.1) is 0 Å². The molecule has 1 heterocycles. The first-order chi connectivity index (χ1) is 8.92. The Morgan fingerprint density at radius 2 is 1.80 bits per heavy atom. The topological polar surface area (TPSA) is 65.1 Å². The van der Waals surface area contributed by atoms with Gasteiger partial charge in [-0.3, -0.25) is 4.18 Å². The van der Waals surface area contributed by atoms with Crippen LogP contribution >= 0.6 is 0 Å². The highest BCUT2D eigenvalue weighted by Crippen LogP contribution is 2.38. The molecule has 1 saturated heterocycles. The predicted molar refractivity (Wildman–Crippen MR) is 81.8 cm³/mol. The van der Waals surface area contributed by atoms with Crippen molar-refractivity contribution in [3.05, 3.63) is 0 Å². The predicted octanol–water partition coefficient (Wildman–Crippen LogP) is 2.53. The van der Waals surface area contributed by atoms with Crippen LogP contribution < -0.4 is 0 Å². The fourth-order valence-corrected chi connectivity index (χ4v) is 3.02. The maximum atomic E-state index is 10.8. The van der Waals surface area contributed by atoms with Crippen molar-refractivity contribution in [2.45, 2.75) is 64.0 Å². The molecule has 0 N–H and O–H groups in total. The minimum atomic E-state index is -3.32. The molecule has 0 aromatic heterocycles. The first kappa shape index (κ1) is 18.1. The second-order valence-corrected chi connectivity index (χ2v) is 13.4. The van der Waals surface area contributed by atoms with E-state index >= 15 is 0 Å². The minimum Gasteiger partial charge on any atom is -0.414 e. The third kappa shape index (κ3) is 6.22. The summed E-state index contributed by atoms with van der Waals surface area (Å²) in [5.74, 6) is 0. The van der Waals surface area contributed by atoms with Crippen LogP contribution in [0.3, 0.4) is 0 Å². The molecule has 7 heteroatoms. The highest BCUT2D eigenvalue weighted by atomic mass is 32.2. The second kappa shape index (κ2) is 6.44. The molecule has 1 rings (SSSR count). The lowest BCUT2D eigenvalue weighted by molar-refractivity contribution is 0.240. The van der Waals surface area contributed by atoms with Crippen LogP contribution in [-0.2, 0) is 23.5 Å². The largest absolute Gasteiger partial charge is 0.414 e. The molecule has 0 spiro atoms. The Kier molecular flexibility index (Phi) is 5.82. The zero-order valence-electron chi connectivity index (χ0n) is 13.4. The molecule has 0 radical (unpaired) electrons. The van der Waals surface area contributed by atoms with E-state index in [9.17, 15) is 8.42 Å². The summed E-state index contributed by atoms with van der Waals surface area (Å²) in [7, 11) is -5.03. The lowest BCUT2D eigenvalue weighted by Gasteiger charge is -2.36. The monoisotopic (exact) mass is 324 g/mol. The summed E-state index contributed by atoms with van der Waals surface area (Å²) in [4.78, 5) is 0. The average molecular weight is 325 g/mol. The van der Waals surface area contributed by atoms with E-state index < -0.39 is 18.4 Å². The zero-order valence-corrected chi connectivity index (χ0v) is 15.2. The Labute approximate surface area is 124 Å². The van der Waals surface area contributed by atoms with Crippen molar-refractivity contribution < 1.29 is 21.8 Å². The number of hydrogen-bond donors (Lipinski definition) is 0. The first-order valence-corrected chi connectivity index (χ1v) is 11.8. The lowest BCUT2D eigenvalue weighted by Crippen LogP contribution is -2.41. The van der Waals surface area contributed by atoms with E-state index in [1.165, 1.54) is 0 Å². The number of epoxide rings is 1. The standard InChI is InChI=1S/C13H28O5SSi/c1-13(2,3)20(5,6)17-10-12-11(18-12)8-7-9-16-19(4,14)15/h11-12H,7-10H2,1-6H3/t11-,12-/m1/s1. The van der Waals surface area contributed by atoms with Gasteiger partial charge in [0.25, 0.3) is 10.1 Å². The van der Waals surface area contributed by atoms with Crippen molar-refractivity contribution in [3.63, 3.8) is 0 Å². The van der Waals surface area contributed by atoms with Gasteiger partial charge in [0, 0.05) is 0 Å². The SMILES string of the molecule is CC(C)(C)[Si](C)(C)OC[C@H]1O[C@@H]1CCCOS(C)(=O)=O. The van der Waals surface area contributed by atoms with Crippen LogP contribution in [0, 0.1) is 0 Å². The molecule has 0 amide bonds. The summed E-state index contributed by atoms with van der Waals surface area (Å²) >= 11 is 0. The second-order valence-electron chi connectivity index (χ2n) is 6.95. The van der Waals surface area contributed by atoms with Gasteiger partial charge >= 0.3 is 0 Å². The molecular formula is C13H28O5SSi. The highest BCUT2D eigenvalue weighted by molar-refractivity contribution is 7.85. The molecule has 0 unspecified atom stereocenters. The van der Waals surface area contributed by atoms with Gasteiger partial charge in [-0.05, 0) is 31.0 Å². The van der Waals surface area contributed by atoms with E-state index in [4.69, 9.17) is 13.3 Å². The fraction of sp³-hybridized carbons (Fsp3) is 1.00. The molecule has 1 aliphatic rings. The van der Waals surface area contributed by atoms with Crippen LogP contribution in [0.1, 0.15) is 33.6 Å².